The molecule has 0 bridgehead atoms. The first-order valence-electron chi connectivity index (χ1n) is 16.3. The molecule has 7 rings (SSSR count). The topological polar surface area (TPSA) is 55.4 Å². The van der Waals surface area contributed by atoms with Crippen LogP contribution in [0.4, 0.5) is 4.39 Å². The molecule has 0 N–H and O–H groups in total. The number of rotatable bonds is 11. The lowest BCUT2D eigenvalue weighted by Crippen LogP contribution is -2.60. The molecule has 5 aromatic rings. The van der Waals surface area contributed by atoms with Crippen LogP contribution in [0.2, 0.25) is 0 Å². The molecule has 2 heterocycles. The fourth-order valence-corrected chi connectivity index (χ4v) is 6.41. The van der Waals surface area contributed by atoms with E-state index in [0.717, 1.165) is 33.6 Å². The first-order valence-corrected chi connectivity index (χ1v) is 16.3. The van der Waals surface area contributed by atoms with E-state index in [1.807, 2.05) is 121 Å². The van der Waals surface area contributed by atoms with E-state index in [1.165, 1.54) is 6.07 Å². The molecule has 0 spiro atoms. The Balaban J connectivity index is 1.23. The number of halogens is 1. The molecular formula is C41H39FO6. The standard InChI is InChI=1S/C41H39FO6/c1-43-34-20-17-28(18-21-34)23-33-24-32(19-22-35(33)42)37-39(44-25-29-11-5-2-6-12-29)40(45-26-30-13-7-3-8-14-30)38-36(47-37)27-46-41(48-38)31-15-9-4-10-16-31/h2-22,24,36-41H,23,25-27H2,1H3. The molecule has 6 nitrogen and oxygen atoms in total. The first kappa shape index (κ1) is 32.2. The van der Waals surface area contributed by atoms with Crippen LogP contribution in [0.15, 0.2) is 133 Å². The Morgan fingerprint density at radius 3 is 1.92 bits per heavy atom. The van der Waals surface area contributed by atoms with Crippen molar-refractivity contribution in [1.29, 1.82) is 0 Å². The van der Waals surface area contributed by atoms with Crippen molar-refractivity contribution in [2.75, 3.05) is 13.7 Å². The van der Waals surface area contributed by atoms with Crippen LogP contribution in [0, 0.1) is 5.82 Å². The van der Waals surface area contributed by atoms with E-state index >= 15 is 4.39 Å². The van der Waals surface area contributed by atoms with Crippen LogP contribution < -0.4 is 4.74 Å². The molecule has 2 aliphatic heterocycles. The first-order chi connectivity index (χ1) is 23.6. The summed E-state index contributed by atoms with van der Waals surface area (Å²) in [4.78, 5) is 0. The molecule has 0 aromatic heterocycles. The van der Waals surface area contributed by atoms with Crippen molar-refractivity contribution >= 4 is 0 Å². The van der Waals surface area contributed by atoms with Crippen LogP contribution in [0.1, 0.15) is 45.8 Å². The Kier molecular flexibility index (Phi) is 10.2. The smallest absolute Gasteiger partial charge is 0.184 e. The van der Waals surface area contributed by atoms with Gasteiger partial charge in [-0.2, -0.15) is 0 Å². The summed E-state index contributed by atoms with van der Waals surface area (Å²) in [6.07, 6.45) is -2.77. The van der Waals surface area contributed by atoms with Crippen LogP contribution in [0.25, 0.3) is 0 Å². The largest absolute Gasteiger partial charge is 0.497 e. The molecule has 246 valence electrons. The van der Waals surface area contributed by atoms with E-state index in [-0.39, 0.29) is 5.82 Å². The van der Waals surface area contributed by atoms with Gasteiger partial charge in [0.25, 0.3) is 0 Å². The maximum Gasteiger partial charge on any atom is 0.184 e. The lowest BCUT2D eigenvalue weighted by molar-refractivity contribution is -0.341. The molecule has 2 saturated heterocycles. The highest BCUT2D eigenvalue weighted by molar-refractivity contribution is 5.35. The van der Waals surface area contributed by atoms with Crippen molar-refractivity contribution < 1.29 is 32.8 Å². The van der Waals surface area contributed by atoms with Gasteiger partial charge < -0.3 is 28.4 Å². The van der Waals surface area contributed by atoms with Gasteiger partial charge in [-0.15, -0.1) is 0 Å². The second-order valence-electron chi connectivity index (χ2n) is 12.2. The second kappa shape index (κ2) is 15.2. The molecule has 0 radical (unpaired) electrons. The van der Waals surface area contributed by atoms with Crippen LogP contribution in [0.5, 0.6) is 5.75 Å². The van der Waals surface area contributed by atoms with Gasteiger partial charge in [0.2, 0.25) is 0 Å². The third-order valence-corrected chi connectivity index (χ3v) is 8.92. The predicted octanol–water partition coefficient (Wildman–Crippen LogP) is 8.15. The van der Waals surface area contributed by atoms with E-state index in [0.29, 0.717) is 31.8 Å². The van der Waals surface area contributed by atoms with Gasteiger partial charge in [0, 0.05) is 12.0 Å². The highest BCUT2D eigenvalue weighted by Gasteiger charge is 2.51. The van der Waals surface area contributed by atoms with E-state index in [9.17, 15) is 0 Å². The average Bonchev–Trinajstić information content (AvgIpc) is 3.15. The van der Waals surface area contributed by atoms with Crippen LogP contribution in [-0.4, -0.2) is 38.1 Å². The summed E-state index contributed by atoms with van der Waals surface area (Å²) in [6, 6.07) is 42.8. The van der Waals surface area contributed by atoms with Crippen LogP contribution in [-0.2, 0) is 43.3 Å². The van der Waals surface area contributed by atoms with Crippen molar-refractivity contribution in [2.24, 2.45) is 0 Å². The summed E-state index contributed by atoms with van der Waals surface area (Å²) in [7, 11) is 1.63. The lowest BCUT2D eigenvalue weighted by atomic mass is 9.88. The van der Waals surface area contributed by atoms with Gasteiger partial charge in [-0.3, -0.25) is 0 Å². The molecule has 7 heteroatoms. The van der Waals surface area contributed by atoms with Gasteiger partial charge in [0.15, 0.2) is 6.29 Å². The van der Waals surface area contributed by atoms with Gasteiger partial charge in [-0.1, -0.05) is 109 Å². The number of benzene rings is 5. The second-order valence-corrected chi connectivity index (χ2v) is 12.2. The zero-order chi connectivity index (χ0) is 32.7. The van der Waals surface area contributed by atoms with Gasteiger partial charge in [0.05, 0.1) is 26.9 Å². The van der Waals surface area contributed by atoms with Crippen molar-refractivity contribution in [3.05, 3.63) is 173 Å². The number of fused-ring (bicyclic) bond motifs is 1. The van der Waals surface area contributed by atoms with Crippen molar-refractivity contribution in [2.45, 2.75) is 56.4 Å². The van der Waals surface area contributed by atoms with Crippen molar-refractivity contribution in [1.82, 2.24) is 0 Å². The fourth-order valence-electron chi connectivity index (χ4n) is 6.41. The van der Waals surface area contributed by atoms with Gasteiger partial charge in [-0.05, 0) is 52.1 Å². The molecule has 5 aromatic carbocycles. The molecule has 0 aliphatic carbocycles. The molecule has 0 saturated carbocycles. The highest BCUT2D eigenvalue weighted by atomic mass is 19.1. The average molecular weight is 647 g/mol. The number of methoxy groups -OCH3 is 1. The maximum absolute atomic E-state index is 15.3. The number of hydrogen-bond donors (Lipinski definition) is 0. The van der Waals surface area contributed by atoms with Crippen molar-refractivity contribution in [3.8, 4) is 5.75 Å². The summed E-state index contributed by atoms with van der Waals surface area (Å²) in [5.74, 6) is 0.474. The summed E-state index contributed by atoms with van der Waals surface area (Å²) in [6.45, 7) is 1.00. The Morgan fingerprint density at radius 2 is 1.27 bits per heavy atom. The van der Waals surface area contributed by atoms with E-state index in [2.05, 4.69) is 0 Å². The molecule has 6 unspecified atom stereocenters. The van der Waals surface area contributed by atoms with E-state index < -0.39 is 36.8 Å². The minimum absolute atomic E-state index is 0.281. The summed E-state index contributed by atoms with van der Waals surface area (Å²) in [5.41, 5.74) is 5.31. The van der Waals surface area contributed by atoms with E-state index in [4.69, 9.17) is 28.4 Å². The summed E-state index contributed by atoms with van der Waals surface area (Å²) < 4.78 is 53.9. The third-order valence-electron chi connectivity index (χ3n) is 8.92. The van der Waals surface area contributed by atoms with Gasteiger partial charge >= 0.3 is 0 Å². The highest BCUT2D eigenvalue weighted by Crippen LogP contribution is 2.42. The molecular weight excluding hydrogens is 607 g/mol. The maximum atomic E-state index is 15.3. The predicted molar refractivity (Wildman–Crippen MR) is 180 cm³/mol. The molecule has 0 amide bonds. The van der Waals surface area contributed by atoms with Gasteiger partial charge in [0.1, 0.15) is 42.1 Å². The Morgan fingerprint density at radius 1 is 0.646 bits per heavy atom. The zero-order valence-electron chi connectivity index (χ0n) is 26.8. The molecule has 6 atom stereocenters. The van der Waals surface area contributed by atoms with Gasteiger partial charge in [-0.25, -0.2) is 4.39 Å². The Labute approximate surface area is 281 Å². The van der Waals surface area contributed by atoms with Crippen molar-refractivity contribution in [3.63, 3.8) is 0 Å². The fraction of sp³-hybridized carbons (Fsp3) is 0.268. The number of ether oxygens (including phenoxy) is 6. The Hall–Kier alpha value is -4.37. The monoisotopic (exact) mass is 646 g/mol. The number of hydrogen-bond acceptors (Lipinski definition) is 6. The zero-order valence-corrected chi connectivity index (χ0v) is 26.8. The lowest BCUT2D eigenvalue weighted by Gasteiger charge is -2.49. The van der Waals surface area contributed by atoms with Crippen LogP contribution >= 0.6 is 0 Å². The molecule has 48 heavy (non-hydrogen) atoms. The SMILES string of the molecule is COc1ccc(Cc2cc(C3OC4COC(c5ccccc5)OC4C(OCc4ccccc4)C3OCc3ccccc3)ccc2F)cc1. The summed E-state index contributed by atoms with van der Waals surface area (Å²) in [5, 5.41) is 0. The minimum atomic E-state index is -0.580. The quantitative estimate of drug-likeness (QED) is 0.144. The van der Waals surface area contributed by atoms with Crippen LogP contribution in [0.3, 0.4) is 0 Å². The molecule has 2 aliphatic rings. The molecule has 2 fully saturated rings. The summed E-state index contributed by atoms with van der Waals surface area (Å²) >= 11 is 0. The minimum Gasteiger partial charge on any atom is -0.497 e. The normalized spacial score (nSPS) is 23.7. The Bertz CT molecular complexity index is 1730. The third kappa shape index (κ3) is 7.51. The van der Waals surface area contributed by atoms with E-state index in [1.54, 1.807) is 13.2 Å².